The molecule has 3 aromatic rings. The van der Waals surface area contributed by atoms with Gasteiger partial charge in [0.1, 0.15) is 11.3 Å². The Labute approximate surface area is 183 Å². The number of hydrogen-bond acceptors (Lipinski definition) is 3. The number of rotatable bonds is 10. The lowest BCUT2D eigenvalue weighted by molar-refractivity contribution is -0.141. The molecular weight excluding hydrogens is 388 g/mol. The highest BCUT2D eigenvalue weighted by atomic mass is 16.4. The van der Waals surface area contributed by atoms with Crippen molar-refractivity contribution >= 4 is 22.7 Å². The van der Waals surface area contributed by atoms with Crippen LogP contribution in [-0.2, 0) is 24.1 Å². The lowest BCUT2D eigenvalue weighted by Crippen LogP contribution is -2.18. The molecule has 0 amide bonds. The first-order valence-electron chi connectivity index (χ1n) is 11.5. The van der Waals surface area contributed by atoms with Crippen molar-refractivity contribution in [3.05, 3.63) is 71.0 Å². The van der Waals surface area contributed by atoms with Crippen LogP contribution in [0.2, 0.25) is 0 Å². The van der Waals surface area contributed by atoms with Crippen molar-refractivity contribution in [1.29, 1.82) is 0 Å². The monoisotopic (exact) mass is 418 g/mol. The predicted octanol–water partition coefficient (Wildman–Crippen LogP) is 6.39. The van der Waals surface area contributed by atoms with Gasteiger partial charge in [-0.3, -0.25) is 9.59 Å². The number of aryl methyl sites for hydroxylation is 3. The first-order valence-corrected chi connectivity index (χ1v) is 11.5. The molecule has 2 aromatic carbocycles. The van der Waals surface area contributed by atoms with Gasteiger partial charge in [0.15, 0.2) is 5.78 Å². The van der Waals surface area contributed by atoms with Crippen LogP contribution in [0.3, 0.4) is 0 Å². The summed E-state index contributed by atoms with van der Waals surface area (Å²) in [7, 11) is 0. The van der Waals surface area contributed by atoms with E-state index in [1.807, 2.05) is 30.3 Å². The maximum atomic E-state index is 12.8. The topological polar surface area (TPSA) is 67.5 Å². The van der Waals surface area contributed by atoms with E-state index in [9.17, 15) is 14.7 Å². The van der Waals surface area contributed by atoms with Gasteiger partial charge >= 0.3 is 5.97 Å². The molecule has 1 N–H and O–H groups in total. The fourth-order valence-electron chi connectivity index (χ4n) is 4.63. The highest BCUT2D eigenvalue weighted by molar-refractivity contribution is 6.01. The third-order valence-corrected chi connectivity index (χ3v) is 6.42. The van der Waals surface area contributed by atoms with Crippen LogP contribution in [0.1, 0.15) is 72.2 Å². The second-order valence-electron chi connectivity index (χ2n) is 8.67. The van der Waals surface area contributed by atoms with Crippen molar-refractivity contribution in [2.45, 2.75) is 64.2 Å². The van der Waals surface area contributed by atoms with Crippen LogP contribution in [0, 0.1) is 5.92 Å². The number of carboxylic acids is 1. The minimum atomic E-state index is -0.883. The van der Waals surface area contributed by atoms with E-state index in [2.05, 4.69) is 12.1 Å². The molecule has 1 aliphatic rings. The van der Waals surface area contributed by atoms with Crippen LogP contribution in [-0.4, -0.2) is 16.9 Å². The molecule has 4 heteroatoms. The Balaban J connectivity index is 1.32. The first-order chi connectivity index (χ1) is 15.1. The zero-order chi connectivity index (χ0) is 21.6. The lowest BCUT2D eigenvalue weighted by Gasteiger charge is -2.12. The van der Waals surface area contributed by atoms with Crippen LogP contribution in [0.5, 0.6) is 0 Å². The van der Waals surface area contributed by atoms with Crippen molar-refractivity contribution in [3.63, 3.8) is 0 Å². The van der Waals surface area contributed by atoms with Crippen LogP contribution >= 0.6 is 0 Å². The summed E-state index contributed by atoms with van der Waals surface area (Å²) in [6.07, 6.45) is 8.71. The fourth-order valence-corrected chi connectivity index (χ4v) is 4.63. The Morgan fingerprint density at radius 3 is 2.58 bits per heavy atom. The van der Waals surface area contributed by atoms with Gasteiger partial charge in [-0.15, -0.1) is 0 Å². The number of aliphatic carboxylic acids is 1. The van der Waals surface area contributed by atoms with Crippen molar-refractivity contribution < 1.29 is 19.1 Å². The summed E-state index contributed by atoms with van der Waals surface area (Å²) in [5.74, 6) is -0.589. The number of carbonyl (C=O) groups excluding carboxylic acids is 1. The average Bonchev–Trinajstić information content (AvgIpc) is 3.16. The molecular formula is C27H30O4. The third-order valence-electron chi connectivity index (χ3n) is 6.42. The van der Waals surface area contributed by atoms with Crippen molar-refractivity contribution in [2.75, 3.05) is 0 Å². The molecule has 0 aliphatic heterocycles. The SMILES string of the molecule is O=C(CC(CCCCCc1ccccc1)C(=O)O)c1ccc2c3c(oc2c1)CCCC3. The zero-order valence-corrected chi connectivity index (χ0v) is 17.9. The van der Waals surface area contributed by atoms with Gasteiger partial charge in [-0.2, -0.15) is 0 Å². The number of carbonyl (C=O) groups is 2. The number of benzene rings is 2. The van der Waals surface area contributed by atoms with Crippen LogP contribution in [0.25, 0.3) is 11.0 Å². The number of furan rings is 1. The minimum Gasteiger partial charge on any atom is -0.481 e. The number of ketones is 1. The van der Waals surface area contributed by atoms with Crippen molar-refractivity contribution in [3.8, 4) is 0 Å². The molecule has 1 aromatic heterocycles. The number of fused-ring (bicyclic) bond motifs is 3. The van der Waals surface area contributed by atoms with E-state index >= 15 is 0 Å². The number of hydrogen-bond donors (Lipinski definition) is 1. The molecule has 4 nitrogen and oxygen atoms in total. The normalized spacial score (nSPS) is 14.3. The molecule has 0 fully saturated rings. The van der Waals surface area contributed by atoms with Crippen LogP contribution in [0.4, 0.5) is 0 Å². The predicted molar refractivity (Wildman–Crippen MR) is 122 cm³/mol. The van der Waals surface area contributed by atoms with Gasteiger partial charge in [-0.1, -0.05) is 55.3 Å². The Hall–Kier alpha value is -2.88. The standard InChI is InChI=1S/C27H30O4/c28-24(20-15-16-23-22-13-7-8-14-25(22)31-26(23)18-20)17-21(27(29)30)12-6-2-5-11-19-9-3-1-4-10-19/h1,3-4,9-10,15-16,18,21H,2,5-8,11-14,17H2,(H,29,30). The number of carboxylic acid groups (broad SMARTS) is 1. The van der Waals surface area contributed by atoms with Crippen molar-refractivity contribution in [2.24, 2.45) is 5.92 Å². The highest BCUT2D eigenvalue weighted by Gasteiger charge is 2.23. The third kappa shape index (κ3) is 5.25. The van der Waals surface area contributed by atoms with Gasteiger partial charge < -0.3 is 9.52 Å². The second kappa shape index (κ2) is 9.95. The Kier molecular flexibility index (Phi) is 6.86. The maximum Gasteiger partial charge on any atom is 0.306 e. The Morgan fingerprint density at radius 1 is 0.968 bits per heavy atom. The summed E-state index contributed by atoms with van der Waals surface area (Å²) in [5, 5.41) is 10.7. The van der Waals surface area contributed by atoms with Gasteiger partial charge in [0.05, 0.1) is 5.92 Å². The Bertz CT molecular complexity index is 1050. The molecule has 162 valence electrons. The van der Waals surface area contributed by atoms with Crippen LogP contribution in [0.15, 0.2) is 52.9 Å². The fraction of sp³-hybridized carbons (Fsp3) is 0.407. The zero-order valence-electron chi connectivity index (χ0n) is 17.9. The first kappa shape index (κ1) is 21.4. The van der Waals surface area contributed by atoms with Crippen LogP contribution < -0.4 is 0 Å². The van der Waals surface area contributed by atoms with Gasteiger partial charge in [-0.25, -0.2) is 0 Å². The van der Waals surface area contributed by atoms with Crippen molar-refractivity contribution in [1.82, 2.24) is 0 Å². The molecule has 0 spiro atoms. The summed E-state index contributed by atoms with van der Waals surface area (Å²) >= 11 is 0. The van der Waals surface area contributed by atoms with E-state index in [0.29, 0.717) is 12.0 Å². The van der Waals surface area contributed by atoms with Gasteiger partial charge in [-0.05, 0) is 50.2 Å². The quantitative estimate of drug-likeness (QED) is 0.306. The smallest absolute Gasteiger partial charge is 0.306 e. The van der Waals surface area contributed by atoms with E-state index in [1.54, 1.807) is 6.07 Å². The van der Waals surface area contributed by atoms with Gasteiger partial charge in [0.2, 0.25) is 0 Å². The second-order valence-corrected chi connectivity index (χ2v) is 8.67. The molecule has 1 unspecified atom stereocenters. The summed E-state index contributed by atoms with van der Waals surface area (Å²) in [5.41, 5.74) is 3.89. The molecule has 1 atom stereocenters. The molecule has 0 saturated heterocycles. The summed E-state index contributed by atoms with van der Waals surface area (Å²) in [6, 6.07) is 15.9. The molecule has 0 radical (unpaired) electrons. The minimum absolute atomic E-state index is 0.0416. The molecule has 0 bridgehead atoms. The molecule has 4 rings (SSSR count). The van der Waals surface area contributed by atoms with E-state index in [4.69, 9.17) is 4.42 Å². The maximum absolute atomic E-state index is 12.8. The van der Waals surface area contributed by atoms with E-state index in [1.165, 1.54) is 17.5 Å². The average molecular weight is 419 g/mol. The molecule has 1 aliphatic carbocycles. The number of Topliss-reactive ketones (excluding diaryl/α,β-unsaturated/α-hetero) is 1. The summed E-state index contributed by atoms with van der Waals surface area (Å²) in [4.78, 5) is 24.5. The van der Waals surface area contributed by atoms with E-state index < -0.39 is 11.9 Å². The summed E-state index contributed by atoms with van der Waals surface area (Å²) < 4.78 is 5.99. The lowest BCUT2D eigenvalue weighted by atomic mass is 9.92. The summed E-state index contributed by atoms with van der Waals surface area (Å²) in [6.45, 7) is 0. The Morgan fingerprint density at radius 2 is 1.77 bits per heavy atom. The highest BCUT2D eigenvalue weighted by Crippen LogP contribution is 2.32. The largest absolute Gasteiger partial charge is 0.481 e. The van der Waals surface area contributed by atoms with Gasteiger partial charge in [0, 0.05) is 29.4 Å². The molecule has 1 heterocycles. The van der Waals surface area contributed by atoms with Gasteiger partial charge in [0.25, 0.3) is 0 Å². The van der Waals surface area contributed by atoms with E-state index in [-0.39, 0.29) is 12.2 Å². The molecule has 0 saturated carbocycles. The molecule has 31 heavy (non-hydrogen) atoms. The van der Waals surface area contributed by atoms with E-state index in [0.717, 1.165) is 61.7 Å². The number of unbranched alkanes of at least 4 members (excludes halogenated alkanes) is 2.